The number of fused-ring (bicyclic) bond motifs is 1. The van der Waals surface area contributed by atoms with E-state index in [1.807, 2.05) is 18.2 Å². The summed E-state index contributed by atoms with van der Waals surface area (Å²) in [6.07, 6.45) is 4.19. The smallest absolute Gasteiger partial charge is 0.253 e. The molecule has 0 atom stereocenters. The van der Waals surface area contributed by atoms with E-state index >= 15 is 0 Å². The van der Waals surface area contributed by atoms with Crippen LogP contribution in [0, 0.1) is 11.3 Å². The van der Waals surface area contributed by atoms with Gasteiger partial charge in [0.15, 0.2) is 0 Å². The van der Waals surface area contributed by atoms with Crippen molar-refractivity contribution in [1.29, 1.82) is 0 Å². The maximum absolute atomic E-state index is 12.4. The van der Waals surface area contributed by atoms with Crippen molar-refractivity contribution in [3.05, 3.63) is 30.0 Å². The molecule has 1 amide bonds. The maximum Gasteiger partial charge on any atom is 0.253 e. The Morgan fingerprint density at radius 2 is 2.20 bits per heavy atom. The highest BCUT2D eigenvalue weighted by molar-refractivity contribution is 6.07. The van der Waals surface area contributed by atoms with Gasteiger partial charge in [-0.15, -0.1) is 0 Å². The molecule has 0 radical (unpaired) electrons. The molecule has 106 valence electrons. The molecule has 3 rings (SSSR count). The lowest BCUT2D eigenvalue weighted by molar-refractivity contribution is 0.0941. The fourth-order valence-corrected chi connectivity index (χ4v) is 2.80. The monoisotopic (exact) mass is 271 g/mol. The topological polar surface area (TPSA) is 70.9 Å². The summed E-state index contributed by atoms with van der Waals surface area (Å²) >= 11 is 0. The molecule has 2 aromatic rings. The number of amides is 1. The van der Waals surface area contributed by atoms with Crippen molar-refractivity contribution in [2.45, 2.75) is 26.7 Å². The first kappa shape index (κ1) is 13.0. The lowest BCUT2D eigenvalue weighted by Gasteiger charge is -2.19. The van der Waals surface area contributed by atoms with Crippen LogP contribution in [0.4, 0.5) is 5.69 Å². The summed E-state index contributed by atoms with van der Waals surface area (Å²) in [6.45, 7) is 5.22. The molecule has 1 heterocycles. The van der Waals surface area contributed by atoms with E-state index in [0.717, 1.165) is 17.4 Å². The zero-order valence-electron chi connectivity index (χ0n) is 12.0. The van der Waals surface area contributed by atoms with Gasteiger partial charge in [0.2, 0.25) is 0 Å². The summed E-state index contributed by atoms with van der Waals surface area (Å²) in [5.41, 5.74) is 8.41. The van der Waals surface area contributed by atoms with Gasteiger partial charge in [-0.3, -0.25) is 4.79 Å². The summed E-state index contributed by atoms with van der Waals surface area (Å²) in [4.78, 5) is 15.5. The molecule has 1 aliphatic carbocycles. The van der Waals surface area contributed by atoms with Crippen LogP contribution < -0.4 is 11.1 Å². The van der Waals surface area contributed by atoms with Crippen LogP contribution in [0.2, 0.25) is 0 Å². The molecular formula is C16H21N3O. The summed E-state index contributed by atoms with van der Waals surface area (Å²) in [5.74, 6) is 0.593. The Morgan fingerprint density at radius 1 is 1.45 bits per heavy atom. The molecule has 1 aromatic carbocycles. The summed E-state index contributed by atoms with van der Waals surface area (Å²) in [5, 5.41) is 3.97. The van der Waals surface area contributed by atoms with Crippen molar-refractivity contribution in [2.75, 3.05) is 12.3 Å². The van der Waals surface area contributed by atoms with Crippen LogP contribution >= 0.6 is 0 Å². The van der Waals surface area contributed by atoms with Gasteiger partial charge in [0, 0.05) is 29.3 Å². The minimum absolute atomic E-state index is 0.0197. The lowest BCUT2D eigenvalue weighted by atomic mass is 9.92. The van der Waals surface area contributed by atoms with E-state index in [4.69, 9.17) is 5.73 Å². The third-order valence-corrected chi connectivity index (χ3v) is 4.67. The first-order valence-electron chi connectivity index (χ1n) is 7.17. The number of carbonyl (C=O) groups excluding carboxylic acids is 1. The average Bonchev–Trinajstić information content (AvgIpc) is 3.10. The van der Waals surface area contributed by atoms with Gasteiger partial charge in [0.1, 0.15) is 0 Å². The van der Waals surface area contributed by atoms with Gasteiger partial charge in [0.05, 0.1) is 5.56 Å². The molecule has 0 bridgehead atoms. The van der Waals surface area contributed by atoms with Crippen molar-refractivity contribution in [3.8, 4) is 0 Å². The number of aromatic nitrogens is 1. The van der Waals surface area contributed by atoms with E-state index < -0.39 is 0 Å². The number of hydrogen-bond donors (Lipinski definition) is 3. The first-order chi connectivity index (χ1) is 9.52. The third kappa shape index (κ3) is 2.15. The SMILES string of the molecule is CC(C)C1(CNC(=O)c2c[nH]c3ccc(N)cc23)CC1. The summed E-state index contributed by atoms with van der Waals surface area (Å²) in [7, 11) is 0. The molecule has 0 saturated heterocycles. The Hall–Kier alpha value is -1.97. The van der Waals surface area contributed by atoms with Crippen LogP contribution in [-0.4, -0.2) is 17.4 Å². The van der Waals surface area contributed by atoms with E-state index in [-0.39, 0.29) is 5.91 Å². The molecule has 4 nitrogen and oxygen atoms in total. The van der Waals surface area contributed by atoms with Crippen LogP contribution in [0.15, 0.2) is 24.4 Å². The van der Waals surface area contributed by atoms with Gasteiger partial charge in [-0.05, 0) is 42.4 Å². The van der Waals surface area contributed by atoms with Gasteiger partial charge < -0.3 is 16.0 Å². The Kier molecular flexibility index (Phi) is 2.96. The van der Waals surface area contributed by atoms with Gasteiger partial charge in [-0.2, -0.15) is 0 Å². The van der Waals surface area contributed by atoms with Crippen molar-refractivity contribution in [3.63, 3.8) is 0 Å². The largest absolute Gasteiger partial charge is 0.399 e. The van der Waals surface area contributed by atoms with E-state index in [0.29, 0.717) is 22.6 Å². The number of benzene rings is 1. The van der Waals surface area contributed by atoms with Crippen molar-refractivity contribution < 1.29 is 4.79 Å². The minimum Gasteiger partial charge on any atom is -0.399 e. The van der Waals surface area contributed by atoms with E-state index in [9.17, 15) is 4.79 Å². The standard InChI is InChI=1S/C16H21N3O/c1-10(2)16(5-6-16)9-19-15(20)13-8-18-14-4-3-11(17)7-12(13)14/h3-4,7-8,10,18H,5-6,9,17H2,1-2H3,(H,19,20). The molecule has 20 heavy (non-hydrogen) atoms. The number of carbonyl (C=O) groups is 1. The van der Waals surface area contributed by atoms with Crippen LogP contribution in [0.25, 0.3) is 10.9 Å². The maximum atomic E-state index is 12.4. The normalized spacial score (nSPS) is 16.6. The number of aromatic amines is 1. The highest BCUT2D eigenvalue weighted by Gasteiger charge is 2.45. The fourth-order valence-electron chi connectivity index (χ4n) is 2.80. The number of nitrogens with one attached hydrogen (secondary N) is 2. The number of H-pyrrole nitrogens is 1. The second kappa shape index (κ2) is 4.54. The first-order valence-corrected chi connectivity index (χ1v) is 7.17. The highest BCUT2D eigenvalue weighted by Crippen LogP contribution is 2.51. The van der Waals surface area contributed by atoms with Crippen LogP contribution in [0.5, 0.6) is 0 Å². The molecule has 1 saturated carbocycles. The molecule has 0 unspecified atom stereocenters. The number of nitrogens with two attached hydrogens (primary N) is 1. The predicted molar refractivity (Wildman–Crippen MR) is 81.5 cm³/mol. The van der Waals surface area contributed by atoms with E-state index in [1.165, 1.54) is 12.8 Å². The molecular weight excluding hydrogens is 250 g/mol. The molecule has 1 aromatic heterocycles. The molecule has 0 aliphatic heterocycles. The molecule has 0 spiro atoms. The summed E-state index contributed by atoms with van der Waals surface area (Å²) < 4.78 is 0. The van der Waals surface area contributed by atoms with Gasteiger partial charge >= 0.3 is 0 Å². The Bertz CT molecular complexity index is 653. The predicted octanol–water partition coefficient (Wildman–Crippen LogP) is 2.92. The number of anilines is 1. The molecule has 1 fully saturated rings. The van der Waals surface area contributed by atoms with Gasteiger partial charge in [-0.25, -0.2) is 0 Å². The fraction of sp³-hybridized carbons (Fsp3) is 0.438. The molecule has 4 heteroatoms. The number of hydrogen-bond acceptors (Lipinski definition) is 2. The van der Waals surface area contributed by atoms with Crippen molar-refractivity contribution in [1.82, 2.24) is 10.3 Å². The van der Waals surface area contributed by atoms with Crippen molar-refractivity contribution in [2.24, 2.45) is 11.3 Å². The number of rotatable bonds is 4. The minimum atomic E-state index is -0.0197. The van der Waals surface area contributed by atoms with Crippen molar-refractivity contribution >= 4 is 22.5 Å². The van der Waals surface area contributed by atoms with Crippen LogP contribution in [0.1, 0.15) is 37.0 Å². The van der Waals surface area contributed by atoms with Crippen LogP contribution in [0.3, 0.4) is 0 Å². The Labute approximate surface area is 118 Å². The Morgan fingerprint density at radius 3 is 2.85 bits per heavy atom. The second-order valence-electron chi connectivity index (χ2n) is 6.21. The van der Waals surface area contributed by atoms with Gasteiger partial charge in [0.25, 0.3) is 5.91 Å². The zero-order valence-corrected chi connectivity index (χ0v) is 12.0. The highest BCUT2D eigenvalue weighted by atomic mass is 16.1. The number of nitrogen functional groups attached to an aromatic ring is 1. The quantitative estimate of drug-likeness (QED) is 0.748. The second-order valence-corrected chi connectivity index (χ2v) is 6.21. The van der Waals surface area contributed by atoms with Crippen LogP contribution in [-0.2, 0) is 0 Å². The van der Waals surface area contributed by atoms with Gasteiger partial charge in [-0.1, -0.05) is 13.8 Å². The summed E-state index contributed by atoms with van der Waals surface area (Å²) in [6, 6.07) is 5.58. The average molecular weight is 271 g/mol. The molecule has 4 N–H and O–H groups in total. The molecule has 1 aliphatic rings. The van der Waals surface area contributed by atoms with E-state index in [2.05, 4.69) is 24.1 Å². The lowest BCUT2D eigenvalue weighted by Crippen LogP contribution is -2.32. The zero-order chi connectivity index (χ0) is 14.3. The van der Waals surface area contributed by atoms with E-state index in [1.54, 1.807) is 6.20 Å². The third-order valence-electron chi connectivity index (χ3n) is 4.67. The Balaban J connectivity index is 1.78.